The molecule has 2 aromatic rings. The molecule has 0 unspecified atom stereocenters. The van der Waals surface area contributed by atoms with Gasteiger partial charge in [0.1, 0.15) is 0 Å². The van der Waals surface area contributed by atoms with Gasteiger partial charge in [0.05, 0.1) is 30.5 Å². The Balaban J connectivity index is 1.63. The molecule has 132 valence electrons. The van der Waals surface area contributed by atoms with E-state index < -0.39 is 6.10 Å². The predicted molar refractivity (Wildman–Crippen MR) is 99.1 cm³/mol. The number of amides is 1. The van der Waals surface area contributed by atoms with E-state index in [0.29, 0.717) is 23.9 Å². The number of carbonyl (C=O) groups is 1. The highest BCUT2D eigenvalue weighted by Gasteiger charge is 2.22. The summed E-state index contributed by atoms with van der Waals surface area (Å²) in [5, 5.41) is 6.73. The fraction of sp³-hybridized carbons (Fsp3) is 0.316. The molecule has 1 aliphatic rings. The summed E-state index contributed by atoms with van der Waals surface area (Å²) in [5.74, 6) is -0.228. The first-order chi connectivity index (χ1) is 12.1. The molecule has 1 heterocycles. The summed E-state index contributed by atoms with van der Waals surface area (Å²) >= 11 is 6.36. The van der Waals surface area contributed by atoms with Gasteiger partial charge in [-0.25, -0.2) is 0 Å². The Hall–Kier alpha value is -2.08. The standard InChI is InChI=1S/C19H21ClN2O3/c1-13(14-5-3-2-4-6-14)21-17-8-7-15(11-16(17)20)22-19(23)18-12-24-9-10-25-18/h2-8,11,13,18,21H,9-10,12H2,1H3,(H,22,23)/t13-,18-/m1/s1. The van der Waals surface area contributed by atoms with Gasteiger partial charge in [0, 0.05) is 11.7 Å². The Kier molecular flexibility index (Phi) is 5.91. The van der Waals surface area contributed by atoms with Gasteiger partial charge in [0.2, 0.25) is 0 Å². The van der Waals surface area contributed by atoms with Gasteiger partial charge < -0.3 is 20.1 Å². The van der Waals surface area contributed by atoms with E-state index in [1.165, 1.54) is 5.56 Å². The molecule has 1 saturated heterocycles. The van der Waals surface area contributed by atoms with E-state index in [-0.39, 0.29) is 18.6 Å². The summed E-state index contributed by atoms with van der Waals surface area (Å²) < 4.78 is 10.6. The Morgan fingerprint density at radius 3 is 2.68 bits per heavy atom. The van der Waals surface area contributed by atoms with Crippen LogP contribution in [0.2, 0.25) is 5.02 Å². The monoisotopic (exact) mass is 360 g/mol. The van der Waals surface area contributed by atoms with Gasteiger partial charge in [-0.05, 0) is 30.7 Å². The van der Waals surface area contributed by atoms with Crippen molar-refractivity contribution >= 4 is 28.9 Å². The van der Waals surface area contributed by atoms with Crippen LogP contribution in [-0.2, 0) is 14.3 Å². The van der Waals surface area contributed by atoms with E-state index in [0.717, 1.165) is 5.69 Å². The zero-order valence-corrected chi connectivity index (χ0v) is 14.8. The lowest BCUT2D eigenvalue weighted by molar-refractivity contribution is -0.142. The normalized spacial score (nSPS) is 18.4. The quantitative estimate of drug-likeness (QED) is 0.849. The van der Waals surface area contributed by atoms with E-state index in [9.17, 15) is 4.79 Å². The molecule has 0 bridgehead atoms. The molecule has 1 amide bonds. The Bertz CT molecular complexity index is 718. The summed E-state index contributed by atoms with van der Waals surface area (Å²) in [4.78, 5) is 12.2. The molecule has 6 heteroatoms. The first-order valence-electron chi connectivity index (χ1n) is 8.25. The van der Waals surface area contributed by atoms with Crippen molar-refractivity contribution in [2.45, 2.75) is 19.1 Å². The number of halogens is 1. The van der Waals surface area contributed by atoms with Crippen LogP contribution in [0.5, 0.6) is 0 Å². The zero-order valence-electron chi connectivity index (χ0n) is 14.0. The van der Waals surface area contributed by atoms with Gasteiger partial charge in [-0.15, -0.1) is 0 Å². The minimum Gasteiger partial charge on any atom is -0.377 e. The van der Waals surface area contributed by atoms with E-state index >= 15 is 0 Å². The van der Waals surface area contributed by atoms with Gasteiger partial charge in [-0.3, -0.25) is 4.79 Å². The number of rotatable bonds is 5. The Morgan fingerprint density at radius 1 is 1.20 bits per heavy atom. The van der Waals surface area contributed by atoms with Gasteiger partial charge in [0.25, 0.3) is 5.91 Å². The third-order valence-corrected chi connectivity index (χ3v) is 4.33. The van der Waals surface area contributed by atoms with Gasteiger partial charge >= 0.3 is 0 Å². The molecule has 1 fully saturated rings. The molecular formula is C19H21ClN2O3. The largest absolute Gasteiger partial charge is 0.377 e. The van der Waals surface area contributed by atoms with E-state index in [4.69, 9.17) is 21.1 Å². The van der Waals surface area contributed by atoms with Crippen molar-refractivity contribution in [3.63, 3.8) is 0 Å². The molecule has 0 saturated carbocycles. The molecule has 0 radical (unpaired) electrons. The third kappa shape index (κ3) is 4.72. The number of carbonyl (C=O) groups excluding carboxylic acids is 1. The first kappa shape index (κ1) is 17.7. The van der Waals surface area contributed by atoms with Crippen LogP contribution < -0.4 is 10.6 Å². The van der Waals surface area contributed by atoms with E-state index in [1.807, 2.05) is 30.3 Å². The minimum absolute atomic E-state index is 0.118. The molecule has 25 heavy (non-hydrogen) atoms. The second kappa shape index (κ2) is 8.34. The van der Waals surface area contributed by atoms with Crippen molar-refractivity contribution in [3.8, 4) is 0 Å². The maximum absolute atomic E-state index is 12.2. The molecule has 2 aromatic carbocycles. The van der Waals surface area contributed by atoms with Crippen molar-refractivity contribution < 1.29 is 14.3 Å². The molecule has 0 aromatic heterocycles. The van der Waals surface area contributed by atoms with Gasteiger partial charge in [0.15, 0.2) is 6.10 Å². The molecule has 0 spiro atoms. The molecule has 5 nitrogen and oxygen atoms in total. The lowest BCUT2D eigenvalue weighted by Crippen LogP contribution is -2.39. The summed E-state index contributed by atoms with van der Waals surface area (Å²) in [6, 6.07) is 15.6. The SMILES string of the molecule is C[C@@H](Nc1ccc(NC(=O)[C@H]2COCCO2)cc1Cl)c1ccccc1. The molecule has 3 rings (SSSR count). The van der Waals surface area contributed by atoms with E-state index in [1.54, 1.807) is 6.07 Å². The van der Waals surface area contributed by atoms with Crippen molar-refractivity contribution in [2.24, 2.45) is 0 Å². The van der Waals surface area contributed by atoms with Crippen LogP contribution in [0.25, 0.3) is 0 Å². The first-order valence-corrected chi connectivity index (χ1v) is 8.62. The van der Waals surface area contributed by atoms with Gasteiger partial charge in [-0.1, -0.05) is 41.9 Å². The highest BCUT2D eigenvalue weighted by molar-refractivity contribution is 6.33. The number of hydrogen-bond donors (Lipinski definition) is 2. The molecule has 1 aliphatic heterocycles. The average Bonchev–Trinajstić information content (AvgIpc) is 2.65. The molecule has 2 N–H and O–H groups in total. The minimum atomic E-state index is -0.580. The number of nitrogens with one attached hydrogen (secondary N) is 2. The highest BCUT2D eigenvalue weighted by atomic mass is 35.5. The fourth-order valence-electron chi connectivity index (χ4n) is 2.63. The Labute approximate surface area is 152 Å². The third-order valence-electron chi connectivity index (χ3n) is 4.02. The van der Waals surface area contributed by atoms with Crippen LogP contribution in [0, 0.1) is 0 Å². The van der Waals surface area contributed by atoms with Crippen LogP contribution in [-0.4, -0.2) is 31.8 Å². The van der Waals surface area contributed by atoms with E-state index in [2.05, 4.69) is 29.7 Å². The summed E-state index contributed by atoms with van der Waals surface area (Å²) in [6.07, 6.45) is -0.580. The highest BCUT2D eigenvalue weighted by Crippen LogP contribution is 2.29. The number of hydrogen-bond acceptors (Lipinski definition) is 4. The second-order valence-corrected chi connectivity index (χ2v) is 6.30. The molecule has 0 aliphatic carbocycles. The summed E-state index contributed by atoms with van der Waals surface area (Å²) in [5.41, 5.74) is 2.61. The predicted octanol–water partition coefficient (Wildman–Crippen LogP) is 3.87. The average molecular weight is 361 g/mol. The van der Waals surface area contributed by atoms with Crippen molar-refractivity contribution in [1.82, 2.24) is 0 Å². The lowest BCUT2D eigenvalue weighted by atomic mass is 10.1. The maximum Gasteiger partial charge on any atom is 0.255 e. The smallest absolute Gasteiger partial charge is 0.255 e. The maximum atomic E-state index is 12.2. The number of ether oxygens (including phenoxy) is 2. The second-order valence-electron chi connectivity index (χ2n) is 5.89. The Morgan fingerprint density at radius 2 is 2.00 bits per heavy atom. The summed E-state index contributed by atoms with van der Waals surface area (Å²) in [6.45, 7) is 3.30. The van der Waals surface area contributed by atoms with Crippen molar-refractivity contribution in [1.29, 1.82) is 0 Å². The summed E-state index contributed by atoms with van der Waals surface area (Å²) in [7, 11) is 0. The lowest BCUT2D eigenvalue weighted by Gasteiger charge is -2.22. The van der Waals surface area contributed by atoms with Crippen molar-refractivity contribution in [3.05, 3.63) is 59.1 Å². The fourth-order valence-corrected chi connectivity index (χ4v) is 2.87. The van der Waals surface area contributed by atoms with Crippen LogP contribution >= 0.6 is 11.6 Å². The van der Waals surface area contributed by atoms with Crippen LogP contribution in [0.3, 0.4) is 0 Å². The number of anilines is 2. The number of benzene rings is 2. The van der Waals surface area contributed by atoms with Crippen molar-refractivity contribution in [2.75, 3.05) is 30.5 Å². The van der Waals surface area contributed by atoms with Crippen LogP contribution in [0.15, 0.2) is 48.5 Å². The van der Waals surface area contributed by atoms with Crippen LogP contribution in [0.1, 0.15) is 18.5 Å². The molecule has 2 atom stereocenters. The zero-order chi connectivity index (χ0) is 17.6. The van der Waals surface area contributed by atoms with Gasteiger partial charge in [-0.2, -0.15) is 0 Å². The topological polar surface area (TPSA) is 59.6 Å². The molecular weight excluding hydrogens is 340 g/mol. The van der Waals surface area contributed by atoms with Crippen LogP contribution in [0.4, 0.5) is 11.4 Å².